The van der Waals surface area contributed by atoms with E-state index in [1.54, 1.807) is 49.4 Å². The number of nitrogens with one attached hydrogen (secondary N) is 1. The molecule has 0 saturated carbocycles. The monoisotopic (exact) mass is 454 g/mol. The molecule has 8 nitrogen and oxygen atoms in total. The van der Waals surface area contributed by atoms with E-state index < -0.39 is 11.9 Å². The molecular weight excluding hydrogens is 440 g/mol. The largest absolute Gasteiger partial charge is 0.456 e. The molecule has 1 amide bonds. The van der Waals surface area contributed by atoms with Crippen molar-refractivity contribution in [2.75, 3.05) is 5.32 Å². The highest BCUT2D eigenvalue weighted by Crippen LogP contribution is 2.18. The van der Waals surface area contributed by atoms with Gasteiger partial charge in [0.15, 0.2) is 0 Å². The van der Waals surface area contributed by atoms with E-state index in [4.69, 9.17) is 16.3 Å². The first-order valence-corrected chi connectivity index (χ1v) is 10.3. The fourth-order valence-electron chi connectivity index (χ4n) is 2.82. The Bertz CT molecular complexity index is 1370. The van der Waals surface area contributed by atoms with E-state index in [0.29, 0.717) is 31.9 Å². The highest BCUT2D eigenvalue weighted by molar-refractivity contribution is 7.16. The topological polar surface area (TPSA) is 103 Å². The van der Waals surface area contributed by atoms with Crippen LogP contribution in [-0.2, 0) is 11.3 Å². The van der Waals surface area contributed by atoms with Crippen molar-refractivity contribution >= 4 is 45.5 Å². The van der Waals surface area contributed by atoms with E-state index in [1.165, 1.54) is 28.0 Å². The standard InChI is InChI=1S/C21H15ClN4O4S/c1-12-25-26-18(27)10-15(24-21(26)31-12)11-30-20(29)13-5-4-6-14(9-13)23-19(28)16-7-2-3-8-17(16)22/h2-10H,11H2,1H3,(H,23,28). The van der Waals surface area contributed by atoms with Crippen molar-refractivity contribution in [3.8, 4) is 0 Å². The van der Waals surface area contributed by atoms with Crippen molar-refractivity contribution in [1.29, 1.82) is 0 Å². The average molecular weight is 455 g/mol. The van der Waals surface area contributed by atoms with E-state index >= 15 is 0 Å². The normalized spacial score (nSPS) is 10.8. The number of halogens is 1. The number of esters is 1. The van der Waals surface area contributed by atoms with Crippen LogP contribution in [0.15, 0.2) is 59.4 Å². The number of carbonyl (C=O) groups excluding carboxylic acids is 2. The zero-order chi connectivity index (χ0) is 22.0. The summed E-state index contributed by atoms with van der Waals surface area (Å²) < 4.78 is 6.49. The third-order valence-electron chi connectivity index (χ3n) is 4.22. The fraction of sp³-hybridized carbons (Fsp3) is 0.0952. The van der Waals surface area contributed by atoms with Gasteiger partial charge in [0, 0.05) is 11.8 Å². The number of rotatable bonds is 5. The Morgan fingerprint density at radius 3 is 2.77 bits per heavy atom. The summed E-state index contributed by atoms with van der Waals surface area (Å²) in [5.41, 5.74) is 0.957. The summed E-state index contributed by atoms with van der Waals surface area (Å²) >= 11 is 7.32. The lowest BCUT2D eigenvalue weighted by Gasteiger charge is -2.09. The predicted octanol–water partition coefficient (Wildman–Crippen LogP) is 3.72. The molecule has 4 rings (SSSR count). The van der Waals surface area contributed by atoms with Gasteiger partial charge in [-0.25, -0.2) is 9.78 Å². The Balaban J connectivity index is 1.45. The number of fused-ring (bicyclic) bond motifs is 1. The third kappa shape index (κ3) is 4.62. The predicted molar refractivity (Wildman–Crippen MR) is 117 cm³/mol. The maximum atomic E-state index is 12.5. The summed E-state index contributed by atoms with van der Waals surface area (Å²) in [4.78, 5) is 41.7. The van der Waals surface area contributed by atoms with Crippen LogP contribution in [-0.4, -0.2) is 26.5 Å². The Kier molecular flexibility index (Phi) is 5.79. The molecule has 1 N–H and O–H groups in total. The van der Waals surface area contributed by atoms with Crippen LogP contribution < -0.4 is 10.9 Å². The number of hydrogen-bond acceptors (Lipinski definition) is 7. The summed E-state index contributed by atoms with van der Waals surface area (Å²) in [6.45, 7) is 1.60. The molecule has 156 valence electrons. The molecule has 0 aliphatic rings. The van der Waals surface area contributed by atoms with E-state index in [2.05, 4.69) is 15.4 Å². The van der Waals surface area contributed by atoms with Gasteiger partial charge in [0.1, 0.15) is 11.6 Å². The molecule has 0 bridgehead atoms. The molecule has 2 heterocycles. The van der Waals surface area contributed by atoms with Crippen LogP contribution in [0.5, 0.6) is 0 Å². The van der Waals surface area contributed by atoms with Crippen molar-refractivity contribution in [3.05, 3.63) is 91.8 Å². The number of benzene rings is 2. The molecule has 0 fully saturated rings. The van der Waals surface area contributed by atoms with E-state index in [9.17, 15) is 14.4 Å². The SMILES string of the molecule is Cc1nn2c(=O)cc(COC(=O)c3cccc(NC(=O)c4ccccc4Cl)c3)nc2s1. The fourth-order valence-corrected chi connectivity index (χ4v) is 3.80. The third-order valence-corrected chi connectivity index (χ3v) is 5.38. The molecule has 0 spiro atoms. The average Bonchev–Trinajstić information content (AvgIpc) is 3.13. The van der Waals surface area contributed by atoms with E-state index in [1.807, 2.05) is 0 Å². The molecule has 10 heteroatoms. The smallest absolute Gasteiger partial charge is 0.338 e. The minimum Gasteiger partial charge on any atom is -0.456 e. The van der Waals surface area contributed by atoms with Crippen LogP contribution >= 0.6 is 22.9 Å². The zero-order valence-electron chi connectivity index (χ0n) is 16.2. The van der Waals surface area contributed by atoms with Gasteiger partial charge in [-0.2, -0.15) is 9.61 Å². The molecule has 0 saturated heterocycles. The van der Waals surface area contributed by atoms with Crippen molar-refractivity contribution in [2.45, 2.75) is 13.5 Å². The number of ether oxygens (including phenoxy) is 1. The van der Waals surface area contributed by atoms with Crippen molar-refractivity contribution in [2.24, 2.45) is 0 Å². The quantitative estimate of drug-likeness (QED) is 0.461. The van der Waals surface area contributed by atoms with Gasteiger partial charge in [-0.15, -0.1) is 0 Å². The van der Waals surface area contributed by atoms with Gasteiger partial charge in [0.05, 0.1) is 21.8 Å². The molecule has 2 aromatic carbocycles. The van der Waals surface area contributed by atoms with Crippen LogP contribution in [0.2, 0.25) is 5.02 Å². The molecule has 0 radical (unpaired) electrons. The van der Waals surface area contributed by atoms with Crippen LogP contribution in [0.1, 0.15) is 31.4 Å². The summed E-state index contributed by atoms with van der Waals surface area (Å²) in [5, 5.41) is 7.80. The van der Waals surface area contributed by atoms with Gasteiger partial charge in [0.2, 0.25) is 4.96 Å². The van der Waals surface area contributed by atoms with Crippen LogP contribution in [0.4, 0.5) is 5.69 Å². The minimum absolute atomic E-state index is 0.169. The Labute approximate surface area is 185 Å². The highest BCUT2D eigenvalue weighted by atomic mass is 35.5. The molecule has 2 aromatic heterocycles. The van der Waals surface area contributed by atoms with Crippen LogP contribution in [0, 0.1) is 6.92 Å². The first-order valence-electron chi connectivity index (χ1n) is 9.10. The molecule has 4 aromatic rings. The summed E-state index contributed by atoms with van der Waals surface area (Å²) in [7, 11) is 0. The van der Waals surface area contributed by atoms with Gasteiger partial charge >= 0.3 is 5.97 Å². The maximum absolute atomic E-state index is 12.5. The summed E-state index contributed by atoms with van der Waals surface area (Å²) in [5.74, 6) is -1.01. The maximum Gasteiger partial charge on any atom is 0.338 e. The number of anilines is 1. The van der Waals surface area contributed by atoms with Crippen molar-refractivity contribution in [3.63, 3.8) is 0 Å². The number of nitrogens with zero attached hydrogens (tertiary/aromatic N) is 3. The first-order chi connectivity index (χ1) is 14.9. The van der Waals surface area contributed by atoms with Crippen molar-refractivity contribution in [1.82, 2.24) is 14.6 Å². The van der Waals surface area contributed by atoms with E-state index in [-0.39, 0.29) is 17.7 Å². The first kappa shape index (κ1) is 20.7. The summed E-state index contributed by atoms with van der Waals surface area (Å²) in [6.07, 6.45) is 0. The van der Waals surface area contributed by atoms with Gasteiger partial charge in [0.25, 0.3) is 11.5 Å². The van der Waals surface area contributed by atoms with Crippen molar-refractivity contribution < 1.29 is 14.3 Å². The Morgan fingerprint density at radius 1 is 1.16 bits per heavy atom. The van der Waals surface area contributed by atoms with Crippen LogP contribution in [0.3, 0.4) is 0 Å². The summed E-state index contributed by atoms with van der Waals surface area (Å²) in [6, 6.07) is 14.3. The second-order valence-electron chi connectivity index (χ2n) is 6.49. The molecular formula is C21H15ClN4O4S. The van der Waals surface area contributed by atoms with Gasteiger partial charge in [-0.05, 0) is 37.3 Å². The second-order valence-corrected chi connectivity index (χ2v) is 8.06. The van der Waals surface area contributed by atoms with Gasteiger partial charge in [-0.1, -0.05) is 41.1 Å². The molecule has 0 aliphatic carbocycles. The lowest BCUT2D eigenvalue weighted by Crippen LogP contribution is -2.16. The number of carbonyl (C=O) groups is 2. The molecule has 31 heavy (non-hydrogen) atoms. The number of amides is 1. The zero-order valence-corrected chi connectivity index (χ0v) is 17.7. The number of hydrogen-bond donors (Lipinski definition) is 1. The lowest BCUT2D eigenvalue weighted by molar-refractivity contribution is 0.0467. The van der Waals surface area contributed by atoms with E-state index in [0.717, 1.165) is 0 Å². The Hall–Kier alpha value is -3.56. The molecule has 0 atom stereocenters. The second kappa shape index (κ2) is 8.66. The highest BCUT2D eigenvalue weighted by Gasteiger charge is 2.14. The molecule has 0 aliphatic heterocycles. The van der Waals surface area contributed by atoms with Gasteiger partial charge < -0.3 is 10.1 Å². The Morgan fingerprint density at radius 2 is 1.97 bits per heavy atom. The minimum atomic E-state index is -0.615. The number of aryl methyl sites for hydroxylation is 1. The van der Waals surface area contributed by atoms with Crippen LogP contribution in [0.25, 0.3) is 4.96 Å². The van der Waals surface area contributed by atoms with Gasteiger partial charge in [-0.3, -0.25) is 9.59 Å². The molecule has 0 unspecified atom stereocenters. The number of aromatic nitrogens is 3. The lowest BCUT2D eigenvalue weighted by atomic mass is 10.1.